The molecule has 1 N–H and O–H groups in total. The smallest absolute Gasteiger partial charge is 0.207 e. The van der Waals surface area contributed by atoms with E-state index in [4.69, 9.17) is 4.74 Å². The fourth-order valence-corrected chi connectivity index (χ4v) is 3.46. The standard InChI is InChI=1S/C17H25N5OS/c1-3-21-8-10-22(11-9-21)15-6-4-5-14(13-15)18-17-19-16(20-24-17)7-12-23-2/h4-6,13H,3,7-12H2,1-2H3,(H,18,19,20). The third-order valence-corrected chi connectivity index (χ3v) is 4.95. The number of benzene rings is 1. The first-order valence-corrected chi connectivity index (χ1v) is 9.21. The fraction of sp³-hybridized carbons (Fsp3) is 0.529. The van der Waals surface area contributed by atoms with Gasteiger partial charge in [-0.3, -0.25) is 0 Å². The monoisotopic (exact) mass is 347 g/mol. The zero-order valence-electron chi connectivity index (χ0n) is 14.4. The van der Waals surface area contributed by atoms with E-state index in [-0.39, 0.29) is 0 Å². The van der Waals surface area contributed by atoms with E-state index in [1.807, 2.05) is 0 Å². The quantitative estimate of drug-likeness (QED) is 0.831. The van der Waals surface area contributed by atoms with Gasteiger partial charge in [-0.25, -0.2) is 4.98 Å². The van der Waals surface area contributed by atoms with Gasteiger partial charge in [0.15, 0.2) is 0 Å². The predicted octanol–water partition coefficient (Wildman–Crippen LogP) is 2.61. The summed E-state index contributed by atoms with van der Waals surface area (Å²) in [6, 6.07) is 8.54. The summed E-state index contributed by atoms with van der Waals surface area (Å²) in [7, 11) is 1.69. The maximum atomic E-state index is 5.07. The fourth-order valence-electron chi connectivity index (χ4n) is 2.83. The van der Waals surface area contributed by atoms with Crippen molar-refractivity contribution in [1.82, 2.24) is 14.3 Å². The molecule has 2 heterocycles. The maximum absolute atomic E-state index is 5.07. The Bertz CT molecular complexity index is 639. The molecule has 130 valence electrons. The van der Waals surface area contributed by atoms with E-state index in [0.717, 1.165) is 55.8 Å². The Morgan fingerprint density at radius 2 is 2.08 bits per heavy atom. The van der Waals surface area contributed by atoms with Crippen LogP contribution in [0.2, 0.25) is 0 Å². The zero-order chi connectivity index (χ0) is 16.8. The number of anilines is 3. The Balaban J connectivity index is 1.62. The molecule has 0 radical (unpaired) electrons. The molecule has 7 heteroatoms. The Hall–Kier alpha value is -1.70. The molecular formula is C17H25N5OS. The average molecular weight is 347 g/mol. The number of aromatic nitrogens is 2. The lowest BCUT2D eigenvalue weighted by Gasteiger charge is -2.35. The molecule has 1 saturated heterocycles. The second kappa shape index (κ2) is 8.41. The van der Waals surface area contributed by atoms with Crippen LogP contribution in [0.3, 0.4) is 0 Å². The molecule has 2 aromatic rings. The molecule has 1 aliphatic rings. The van der Waals surface area contributed by atoms with Crippen molar-refractivity contribution in [2.45, 2.75) is 13.3 Å². The van der Waals surface area contributed by atoms with Gasteiger partial charge in [-0.2, -0.15) is 4.37 Å². The number of ether oxygens (including phenoxy) is 1. The number of piperazine rings is 1. The van der Waals surface area contributed by atoms with Gasteiger partial charge in [0.25, 0.3) is 0 Å². The highest BCUT2D eigenvalue weighted by Gasteiger charge is 2.16. The Morgan fingerprint density at radius 3 is 2.83 bits per heavy atom. The van der Waals surface area contributed by atoms with Crippen LogP contribution in [0.4, 0.5) is 16.5 Å². The lowest BCUT2D eigenvalue weighted by molar-refractivity contribution is 0.201. The topological polar surface area (TPSA) is 53.5 Å². The molecule has 1 fully saturated rings. The normalized spacial score (nSPS) is 15.7. The highest BCUT2D eigenvalue weighted by atomic mass is 32.1. The first-order chi connectivity index (χ1) is 11.8. The van der Waals surface area contributed by atoms with Crippen LogP contribution in [0.15, 0.2) is 24.3 Å². The molecule has 1 aliphatic heterocycles. The van der Waals surface area contributed by atoms with Gasteiger partial charge < -0.3 is 19.9 Å². The van der Waals surface area contributed by atoms with Gasteiger partial charge in [0.05, 0.1) is 6.61 Å². The van der Waals surface area contributed by atoms with E-state index in [1.54, 1.807) is 7.11 Å². The van der Waals surface area contributed by atoms with Gasteiger partial charge in [0.1, 0.15) is 5.82 Å². The highest BCUT2D eigenvalue weighted by Crippen LogP contribution is 2.24. The lowest BCUT2D eigenvalue weighted by atomic mass is 10.2. The van der Waals surface area contributed by atoms with Crippen molar-refractivity contribution in [3.8, 4) is 0 Å². The Labute approximate surface area is 147 Å². The zero-order valence-corrected chi connectivity index (χ0v) is 15.2. The van der Waals surface area contributed by atoms with Crippen molar-refractivity contribution in [2.75, 3.05) is 56.7 Å². The van der Waals surface area contributed by atoms with Crippen LogP contribution < -0.4 is 10.2 Å². The number of nitrogens with one attached hydrogen (secondary N) is 1. The average Bonchev–Trinajstić information content (AvgIpc) is 3.07. The van der Waals surface area contributed by atoms with Crippen LogP contribution >= 0.6 is 11.5 Å². The first-order valence-electron chi connectivity index (χ1n) is 8.44. The summed E-state index contributed by atoms with van der Waals surface area (Å²) in [5.74, 6) is 0.830. The molecule has 1 aromatic heterocycles. The van der Waals surface area contributed by atoms with Crippen LogP contribution in [0.1, 0.15) is 12.7 Å². The van der Waals surface area contributed by atoms with E-state index in [0.29, 0.717) is 6.61 Å². The molecule has 3 rings (SSSR count). The van der Waals surface area contributed by atoms with Crippen LogP contribution in [0, 0.1) is 0 Å². The number of nitrogens with zero attached hydrogens (tertiary/aromatic N) is 4. The van der Waals surface area contributed by atoms with Gasteiger partial charge in [0, 0.05) is 62.6 Å². The summed E-state index contributed by atoms with van der Waals surface area (Å²) in [6.45, 7) is 8.44. The van der Waals surface area contributed by atoms with Crippen LogP contribution in [-0.4, -0.2) is 60.7 Å². The van der Waals surface area contributed by atoms with E-state index < -0.39 is 0 Å². The lowest BCUT2D eigenvalue weighted by Crippen LogP contribution is -2.46. The summed E-state index contributed by atoms with van der Waals surface area (Å²) in [4.78, 5) is 9.44. The van der Waals surface area contributed by atoms with Gasteiger partial charge in [-0.15, -0.1) is 0 Å². The van der Waals surface area contributed by atoms with E-state index in [1.165, 1.54) is 17.2 Å². The van der Waals surface area contributed by atoms with Crippen molar-refractivity contribution in [2.24, 2.45) is 0 Å². The van der Waals surface area contributed by atoms with Crippen molar-refractivity contribution in [3.05, 3.63) is 30.1 Å². The molecule has 0 amide bonds. The molecule has 0 aliphatic carbocycles. The van der Waals surface area contributed by atoms with Crippen LogP contribution in [-0.2, 0) is 11.2 Å². The number of hydrogen-bond acceptors (Lipinski definition) is 7. The summed E-state index contributed by atoms with van der Waals surface area (Å²) in [5.41, 5.74) is 2.32. The van der Waals surface area contributed by atoms with Crippen LogP contribution in [0.25, 0.3) is 0 Å². The maximum Gasteiger partial charge on any atom is 0.207 e. The summed E-state index contributed by atoms with van der Waals surface area (Å²) in [6.07, 6.45) is 0.746. The van der Waals surface area contributed by atoms with Crippen molar-refractivity contribution in [1.29, 1.82) is 0 Å². The number of rotatable bonds is 7. The summed E-state index contributed by atoms with van der Waals surface area (Å²) >= 11 is 1.39. The SMILES string of the molecule is CCN1CCN(c2cccc(Nc3nc(CCOC)ns3)c2)CC1. The van der Waals surface area contributed by atoms with Gasteiger partial charge >= 0.3 is 0 Å². The Morgan fingerprint density at radius 1 is 1.25 bits per heavy atom. The number of methoxy groups -OCH3 is 1. The molecule has 0 bridgehead atoms. The van der Waals surface area contributed by atoms with Crippen molar-refractivity contribution < 1.29 is 4.74 Å². The minimum atomic E-state index is 0.648. The van der Waals surface area contributed by atoms with Crippen molar-refractivity contribution in [3.63, 3.8) is 0 Å². The molecule has 24 heavy (non-hydrogen) atoms. The summed E-state index contributed by atoms with van der Waals surface area (Å²) in [5, 5.41) is 4.20. The molecule has 0 spiro atoms. The molecule has 0 saturated carbocycles. The minimum Gasteiger partial charge on any atom is -0.384 e. The third-order valence-electron chi connectivity index (χ3n) is 4.28. The minimum absolute atomic E-state index is 0.648. The largest absolute Gasteiger partial charge is 0.384 e. The van der Waals surface area contributed by atoms with Gasteiger partial charge in [0.2, 0.25) is 5.13 Å². The molecular weight excluding hydrogens is 322 g/mol. The second-order valence-electron chi connectivity index (χ2n) is 5.86. The van der Waals surface area contributed by atoms with Gasteiger partial charge in [-0.05, 0) is 24.7 Å². The molecule has 1 aromatic carbocycles. The van der Waals surface area contributed by atoms with Gasteiger partial charge in [-0.1, -0.05) is 13.0 Å². The third kappa shape index (κ3) is 4.43. The molecule has 0 atom stereocenters. The number of likely N-dealkylation sites (N-methyl/N-ethyl adjacent to an activating group) is 1. The number of hydrogen-bond donors (Lipinski definition) is 1. The van der Waals surface area contributed by atoms with E-state index >= 15 is 0 Å². The molecule has 6 nitrogen and oxygen atoms in total. The Kier molecular flexibility index (Phi) is 6.01. The predicted molar refractivity (Wildman–Crippen MR) is 99.5 cm³/mol. The second-order valence-corrected chi connectivity index (χ2v) is 6.61. The van der Waals surface area contributed by atoms with E-state index in [2.05, 4.69) is 55.7 Å². The van der Waals surface area contributed by atoms with Crippen molar-refractivity contribution >= 4 is 28.0 Å². The van der Waals surface area contributed by atoms with Crippen LogP contribution in [0.5, 0.6) is 0 Å². The summed E-state index contributed by atoms with van der Waals surface area (Å²) < 4.78 is 9.42. The van der Waals surface area contributed by atoms with E-state index in [9.17, 15) is 0 Å². The molecule has 0 unspecified atom stereocenters. The first kappa shape index (κ1) is 17.1. The highest BCUT2D eigenvalue weighted by molar-refractivity contribution is 7.09.